The van der Waals surface area contributed by atoms with Gasteiger partial charge in [0.1, 0.15) is 0 Å². The van der Waals surface area contributed by atoms with Crippen LogP contribution >= 0.6 is 0 Å². The number of hydrogen-bond acceptors (Lipinski definition) is 2. The van der Waals surface area contributed by atoms with E-state index in [1.807, 2.05) is 6.20 Å². The molecule has 1 aromatic heterocycles. The van der Waals surface area contributed by atoms with E-state index in [4.69, 9.17) is 0 Å². The summed E-state index contributed by atoms with van der Waals surface area (Å²) in [5.74, 6) is 0. The van der Waals surface area contributed by atoms with Crippen LogP contribution in [-0.4, -0.2) is 24.1 Å². The zero-order valence-corrected chi connectivity index (χ0v) is 8.59. The highest BCUT2D eigenvalue weighted by Crippen LogP contribution is 2.19. The van der Waals surface area contributed by atoms with Gasteiger partial charge in [-0.3, -0.25) is 0 Å². The van der Waals surface area contributed by atoms with E-state index < -0.39 is 0 Å². The van der Waals surface area contributed by atoms with Crippen molar-refractivity contribution < 1.29 is 0 Å². The summed E-state index contributed by atoms with van der Waals surface area (Å²) in [5.41, 5.74) is 2.42. The lowest BCUT2D eigenvalue weighted by Crippen LogP contribution is -2.21. The third kappa shape index (κ3) is 1.70. The molecule has 3 heteroatoms. The number of fused-ring (bicyclic) bond motifs is 1. The zero-order valence-electron chi connectivity index (χ0n) is 8.59. The maximum atomic E-state index is 3.55. The van der Waals surface area contributed by atoms with Crippen LogP contribution in [-0.2, 0) is 0 Å². The average Bonchev–Trinajstić information content (AvgIpc) is 2.87. The van der Waals surface area contributed by atoms with E-state index in [1.165, 1.54) is 23.0 Å². The summed E-state index contributed by atoms with van der Waals surface area (Å²) in [6.07, 6.45) is 3.19. The third-order valence-electron chi connectivity index (χ3n) is 2.98. The van der Waals surface area contributed by atoms with Gasteiger partial charge in [0.15, 0.2) is 0 Å². The van der Waals surface area contributed by atoms with E-state index in [1.54, 1.807) is 0 Å². The second-order valence-electron chi connectivity index (χ2n) is 4.11. The Bertz CT molecular complexity index is 455. The topological polar surface area (TPSA) is 39.8 Å². The maximum Gasteiger partial charge on any atom is 0.0455 e. The lowest BCUT2D eigenvalue weighted by atomic mass is 10.2. The zero-order chi connectivity index (χ0) is 10.1. The highest BCUT2D eigenvalue weighted by atomic mass is 15.0. The monoisotopic (exact) mass is 201 g/mol. The number of rotatable bonds is 2. The van der Waals surface area contributed by atoms with Crippen molar-refractivity contribution in [1.29, 1.82) is 0 Å². The number of benzene rings is 1. The Hall–Kier alpha value is -1.48. The molecule has 15 heavy (non-hydrogen) atoms. The number of hydrogen-bond donors (Lipinski definition) is 3. The first-order valence-electron chi connectivity index (χ1n) is 5.46. The maximum absolute atomic E-state index is 3.55. The van der Waals surface area contributed by atoms with E-state index in [0.29, 0.717) is 6.04 Å². The highest BCUT2D eigenvalue weighted by molar-refractivity contribution is 5.83. The van der Waals surface area contributed by atoms with E-state index in [0.717, 1.165) is 13.1 Å². The molecule has 3 rings (SSSR count). The minimum Gasteiger partial charge on any atom is -0.381 e. The standard InChI is InChI=1S/C12H15N3/c1-2-12-9(3-6-14-12)7-10(1)15-11-4-5-13-8-11/h1-3,6-7,11,13-15H,4-5,8H2. The van der Waals surface area contributed by atoms with Crippen molar-refractivity contribution in [3.05, 3.63) is 30.5 Å². The Morgan fingerprint density at radius 2 is 2.27 bits per heavy atom. The van der Waals surface area contributed by atoms with Crippen molar-refractivity contribution >= 4 is 16.6 Å². The molecular weight excluding hydrogens is 186 g/mol. The van der Waals surface area contributed by atoms with Gasteiger partial charge in [0.2, 0.25) is 0 Å². The van der Waals surface area contributed by atoms with E-state index in [9.17, 15) is 0 Å². The van der Waals surface area contributed by atoms with Gasteiger partial charge < -0.3 is 15.6 Å². The molecule has 0 radical (unpaired) electrons. The number of nitrogens with one attached hydrogen (secondary N) is 3. The third-order valence-corrected chi connectivity index (χ3v) is 2.98. The lowest BCUT2D eigenvalue weighted by molar-refractivity contribution is 0.793. The summed E-state index contributed by atoms with van der Waals surface area (Å²) < 4.78 is 0. The number of H-pyrrole nitrogens is 1. The normalized spacial score (nSPS) is 20.9. The fourth-order valence-electron chi connectivity index (χ4n) is 2.16. The molecule has 78 valence electrons. The Morgan fingerprint density at radius 1 is 1.27 bits per heavy atom. The minimum absolute atomic E-state index is 0.585. The Balaban J connectivity index is 1.84. The summed E-state index contributed by atoms with van der Waals surface area (Å²) in [7, 11) is 0. The Labute approximate surface area is 88.9 Å². The van der Waals surface area contributed by atoms with Crippen LogP contribution in [0.2, 0.25) is 0 Å². The van der Waals surface area contributed by atoms with E-state index in [-0.39, 0.29) is 0 Å². The van der Waals surface area contributed by atoms with Gasteiger partial charge in [0.05, 0.1) is 0 Å². The van der Waals surface area contributed by atoms with Crippen molar-refractivity contribution in [2.75, 3.05) is 18.4 Å². The van der Waals surface area contributed by atoms with Crippen LogP contribution in [0.15, 0.2) is 30.5 Å². The summed E-state index contributed by atoms with van der Waals surface area (Å²) in [4.78, 5) is 3.20. The van der Waals surface area contributed by atoms with Crippen LogP contribution in [0.5, 0.6) is 0 Å². The minimum atomic E-state index is 0.585. The lowest BCUT2D eigenvalue weighted by Gasteiger charge is -2.12. The van der Waals surface area contributed by atoms with Gasteiger partial charge >= 0.3 is 0 Å². The number of anilines is 1. The Kier molecular flexibility index (Phi) is 2.10. The predicted molar refractivity (Wildman–Crippen MR) is 63.2 cm³/mol. The van der Waals surface area contributed by atoms with E-state index in [2.05, 4.69) is 39.9 Å². The first kappa shape index (κ1) is 8.80. The molecular formula is C12H15N3. The molecule has 3 N–H and O–H groups in total. The van der Waals surface area contributed by atoms with Crippen LogP contribution in [0.4, 0.5) is 5.69 Å². The molecule has 0 saturated carbocycles. The largest absolute Gasteiger partial charge is 0.381 e. The number of aromatic nitrogens is 1. The molecule has 1 fully saturated rings. The quantitative estimate of drug-likeness (QED) is 0.695. The van der Waals surface area contributed by atoms with Crippen LogP contribution < -0.4 is 10.6 Å². The first-order valence-corrected chi connectivity index (χ1v) is 5.46. The summed E-state index contributed by atoms with van der Waals surface area (Å²) >= 11 is 0. The molecule has 3 nitrogen and oxygen atoms in total. The van der Waals surface area contributed by atoms with Gasteiger partial charge in [0, 0.05) is 35.4 Å². The molecule has 0 amide bonds. The summed E-state index contributed by atoms with van der Waals surface area (Å²) in [5, 5.41) is 8.17. The van der Waals surface area contributed by atoms with Crippen molar-refractivity contribution in [2.24, 2.45) is 0 Å². The molecule has 0 spiro atoms. The molecule has 0 aliphatic carbocycles. The van der Waals surface area contributed by atoms with Crippen LogP contribution in [0.3, 0.4) is 0 Å². The first-order chi connectivity index (χ1) is 7.42. The van der Waals surface area contributed by atoms with Crippen LogP contribution in [0.25, 0.3) is 10.9 Å². The molecule has 1 atom stereocenters. The van der Waals surface area contributed by atoms with Crippen LogP contribution in [0, 0.1) is 0 Å². The van der Waals surface area contributed by atoms with Crippen molar-refractivity contribution in [3.63, 3.8) is 0 Å². The van der Waals surface area contributed by atoms with Gasteiger partial charge in [-0.15, -0.1) is 0 Å². The smallest absolute Gasteiger partial charge is 0.0455 e. The SMILES string of the molecule is c1cc2cc(NC3CCNC3)ccc2[nH]1. The molecule has 1 aliphatic rings. The highest BCUT2D eigenvalue weighted by Gasteiger charge is 2.13. The fourth-order valence-corrected chi connectivity index (χ4v) is 2.16. The van der Waals surface area contributed by atoms with Gasteiger partial charge in [0.25, 0.3) is 0 Å². The van der Waals surface area contributed by atoms with Crippen LogP contribution in [0.1, 0.15) is 6.42 Å². The van der Waals surface area contributed by atoms with Gasteiger partial charge in [-0.05, 0) is 37.2 Å². The molecule has 2 heterocycles. The van der Waals surface area contributed by atoms with Crippen molar-refractivity contribution in [1.82, 2.24) is 10.3 Å². The Morgan fingerprint density at radius 3 is 3.13 bits per heavy atom. The molecule has 0 bridgehead atoms. The van der Waals surface area contributed by atoms with Gasteiger partial charge in [-0.25, -0.2) is 0 Å². The molecule has 2 aromatic rings. The number of aromatic amines is 1. The van der Waals surface area contributed by atoms with Gasteiger partial charge in [-0.2, -0.15) is 0 Å². The van der Waals surface area contributed by atoms with Crippen molar-refractivity contribution in [3.8, 4) is 0 Å². The summed E-state index contributed by atoms with van der Waals surface area (Å²) in [6.45, 7) is 2.20. The van der Waals surface area contributed by atoms with Crippen molar-refractivity contribution in [2.45, 2.75) is 12.5 Å². The van der Waals surface area contributed by atoms with Gasteiger partial charge in [-0.1, -0.05) is 0 Å². The predicted octanol–water partition coefficient (Wildman–Crippen LogP) is 1.94. The summed E-state index contributed by atoms with van der Waals surface area (Å²) in [6, 6.07) is 9.15. The van der Waals surface area contributed by atoms with E-state index >= 15 is 0 Å². The molecule has 1 saturated heterocycles. The fraction of sp³-hybridized carbons (Fsp3) is 0.333. The molecule has 1 aromatic carbocycles. The molecule has 1 unspecified atom stereocenters. The second-order valence-corrected chi connectivity index (χ2v) is 4.11. The average molecular weight is 201 g/mol. The second kappa shape index (κ2) is 3.59. The molecule has 1 aliphatic heterocycles.